The van der Waals surface area contributed by atoms with Gasteiger partial charge in [-0.15, -0.1) is 0 Å². The molecule has 4 rings (SSSR count). The summed E-state index contributed by atoms with van der Waals surface area (Å²) in [5, 5.41) is 3.81. The number of imide groups is 1. The van der Waals surface area contributed by atoms with E-state index in [-0.39, 0.29) is 24.1 Å². The number of halogens is 1. The molecule has 3 aromatic carbocycles. The Bertz CT molecular complexity index is 1150. The number of aryl methyl sites for hydroxylation is 2. The zero-order chi connectivity index (χ0) is 21.3. The van der Waals surface area contributed by atoms with Crippen LogP contribution in [0.15, 0.2) is 78.5 Å². The number of anilines is 1. The molecule has 2 amide bonds. The van der Waals surface area contributed by atoms with E-state index in [2.05, 4.69) is 5.32 Å². The van der Waals surface area contributed by atoms with Crippen molar-refractivity contribution in [2.24, 2.45) is 0 Å². The second-order valence-corrected chi connectivity index (χ2v) is 7.82. The lowest BCUT2D eigenvalue weighted by molar-refractivity contribution is -0.137. The smallest absolute Gasteiger partial charge is 0.278 e. The summed E-state index contributed by atoms with van der Waals surface area (Å²) in [4.78, 5) is 27.9. The lowest BCUT2D eigenvalue weighted by Crippen LogP contribution is -2.32. The summed E-state index contributed by atoms with van der Waals surface area (Å²) >= 11 is 6.07. The van der Waals surface area contributed by atoms with Crippen molar-refractivity contribution >= 4 is 34.7 Å². The molecule has 0 radical (unpaired) electrons. The van der Waals surface area contributed by atoms with E-state index < -0.39 is 0 Å². The Balaban J connectivity index is 1.74. The Morgan fingerprint density at radius 3 is 2.23 bits per heavy atom. The Morgan fingerprint density at radius 1 is 0.867 bits per heavy atom. The standard InChI is InChI=1S/C25H21ClN2O2/c1-16-8-10-18(11-9-16)15-28-24(29)22(19-6-4-3-5-7-19)23(25(28)30)27-21-13-12-20(26)14-17(21)2/h3-14,27H,15H2,1-2H3. The molecule has 0 aliphatic carbocycles. The first-order valence-electron chi connectivity index (χ1n) is 9.68. The largest absolute Gasteiger partial charge is 0.350 e. The molecule has 0 saturated heterocycles. The van der Waals surface area contributed by atoms with Crippen molar-refractivity contribution < 1.29 is 9.59 Å². The molecule has 1 N–H and O–H groups in total. The van der Waals surface area contributed by atoms with Gasteiger partial charge in [0, 0.05) is 10.7 Å². The van der Waals surface area contributed by atoms with Crippen LogP contribution in [0.1, 0.15) is 22.3 Å². The van der Waals surface area contributed by atoms with Gasteiger partial charge in [-0.3, -0.25) is 14.5 Å². The Kier molecular flexibility index (Phi) is 5.42. The van der Waals surface area contributed by atoms with Crippen molar-refractivity contribution in [3.05, 3.63) is 106 Å². The highest BCUT2D eigenvalue weighted by atomic mass is 35.5. The molecule has 0 atom stereocenters. The van der Waals surface area contributed by atoms with E-state index >= 15 is 0 Å². The molecule has 30 heavy (non-hydrogen) atoms. The zero-order valence-corrected chi connectivity index (χ0v) is 17.5. The third-order valence-electron chi connectivity index (χ3n) is 5.14. The first kappa shape index (κ1) is 19.9. The second kappa shape index (κ2) is 8.17. The molecule has 0 fully saturated rings. The van der Waals surface area contributed by atoms with E-state index in [1.54, 1.807) is 6.07 Å². The third kappa shape index (κ3) is 3.87. The molecule has 1 aliphatic heterocycles. The first-order valence-corrected chi connectivity index (χ1v) is 10.1. The predicted octanol–water partition coefficient (Wildman–Crippen LogP) is 5.35. The summed E-state index contributed by atoms with van der Waals surface area (Å²) in [5.41, 5.74) is 5.02. The maximum absolute atomic E-state index is 13.3. The second-order valence-electron chi connectivity index (χ2n) is 7.38. The normalized spacial score (nSPS) is 13.9. The molecule has 0 saturated carbocycles. The van der Waals surface area contributed by atoms with E-state index in [9.17, 15) is 9.59 Å². The van der Waals surface area contributed by atoms with Crippen molar-refractivity contribution in [3.63, 3.8) is 0 Å². The van der Waals surface area contributed by atoms with Crippen LogP contribution in [0.5, 0.6) is 0 Å². The van der Waals surface area contributed by atoms with Crippen LogP contribution >= 0.6 is 11.6 Å². The molecule has 1 aliphatic rings. The molecular formula is C25H21ClN2O2. The lowest BCUT2D eigenvalue weighted by atomic mass is 10.0. The average molecular weight is 417 g/mol. The first-order chi connectivity index (χ1) is 14.4. The van der Waals surface area contributed by atoms with Crippen molar-refractivity contribution in [3.8, 4) is 0 Å². The molecule has 0 spiro atoms. The van der Waals surface area contributed by atoms with Crippen LogP contribution in [0, 0.1) is 13.8 Å². The van der Waals surface area contributed by atoms with E-state index in [4.69, 9.17) is 11.6 Å². The van der Waals surface area contributed by atoms with Gasteiger partial charge in [0.1, 0.15) is 5.70 Å². The minimum atomic E-state index is -0.339. The predicted molar refractivity (Wildman–Crippen MR) is 120 cm³/mol. The summed E-state index contributed by atoms with van der Waals surface area (Å²) in [6, 6.07) is 22.5. The number of nitrogens with zero attached hydrogens (tertiary/aromatic N) is 1. The minimum Gasteiger partial charge on any atom is -0.350 e. The van der Waals surface area contributed by atoms with Crippen molar-refractivity contribution in [1.29, 1.82) is 0 Å². The van der Waals surface area contributed by atoms with Gasteiger partial charge in [0.2, 0.25) is 0 Å². The fourth-order valence-corrected chi connectivity index (χ4v) is 3.71. The van der Waals surface area contributed by atoms with Crippen LogP contribution in [0.25, 0.3) is 5.57 Å². The van der Waals surface area contributed by atoms with Gasteiger partial charge in [0.05, 0.1) is 12.1 Å². The van der Waals surface area contributed by atoms with Gasteiger partial charge < -0.3 is 5.32 Å². The molecule has 5 heteroatoms. The highest BCUT2D eigenvalue weighted by Crippen LogP contribution is 2.32. The quantitative estimate of drug-likeness (QED) is 0.570. The third-order valence-corrected chi connectivity index (χ3v) is 5.38. The van der Waals surface area contributed by atoms with Crippen LogP contribution in [0.4, 0.5) is 5.69 Å². The zero-order valence-electron chi connectivity index (χ0n) is 16.8. The highest BCUT2D eigenvalue weighted by Gasteiger charge is 2.39. The van der Waals surface area contributed by atoms with Gasteiger partial charge in [0.25, 0.3) is 11.8 Å². The SMILES string of the molecule is Cc1ccc(CN2C(=O)C(Nc3ccc(Cl)cc3C)=C(c3ccccc3)C2=O)cc1. The molecule has 0 unspecified atom stereocenters. The van der Waals surface area contributed by atoms with Crippen LogP contribution in [-0.4, -0.2) is 16.7 Å². The summed E-state index contributed by atoms with van der Waals surface area (Å²) in [5.74, 6) is -0.644. The Morgan fingerprint density at radius 2 is 1.57 bits per heavy atom. The average Bonchev–Trinajstić information content (AvgIpc) is 2.96. The summed E-state index contributed by atoms with van der Waals surface area (Å²) in [7, 11) is 0. The van der Waals surface area contributed by atoms with Crippen molar-refractivity contribution in [1.82, 2.24) is 4.90 Å². The van der Waals surface area contributed by atoms with Gasteiger partial charge in [-0.1, -0.05) is 71.8 Å². The highest BCUT2D eigenvalue weighted by molar-refractivity contribution is 6.36. The number of carbonyl (C=O) groups excluding carboxylic acids is 2. The van der Waals surface area contributed by atoms with Gasteiger partial charge in [-0.2, -0.15) is 0 Å². The number of carbonyl (C=O) groups is 2. The lowest BCUT2D eigenvalue weighted by Gasteiger charge is -2.16. The van der Waals surface area contributed by atoms with E-state index in [0.717, 1.165) is 22.4 Å². The molecule has 150 valence electrons. The van der Waals surface area contributed by atoms with Gasteiger partial charge >= 0.3 is 0 Å². The van der Waals surface area contributed by atoms with Crippen LogP contribution in [0.2, 0.25) is 5.02 Å². The molecule has 4 nitrogen and oxygen atoms in total. The minimum absolute atomic E-state index is 0.221. The van der Waals surface area contributed by atoms with Crippen molar-refractivity contribution in [2.45, 2.75) is 20.4 Å². The fourth-order valence-electron chi connectivity index (χ4n) is 3.49. The molecule has 0 bridgehead atoms. The van der Waals surface area contributed by atoms with E-state index in [1.807, 2.05) is 80.6 Å². The summed E-state index contributed by atoms with van der Waals surface area (Å²) in [6.45, 7) is 4.13. The number of hydrogen-bond donors (Lipinski definition) is 1. The Labute approximate surface area is 180 Å². The molecule has 1 heterocycles. The topological polar surface area (TPSA) is 49.4 Å². The van der Waals surface area contributed by atoms with Crippen LogP contribution in [-0.2, 0) is 16.1 Å². The van der Waals surface area contributed by atoms with E-state index in [0.29, 0.717) is 16.2 Å². The van der Waals surface area contributed by atoms with Gasteiger partial charge in [-0.05, 0) is 48.7 Å². The Hall–Kier alpha value is -3.37. The van der Waals surface area contributed by atoms with Crippen molar-refractivity contribution in [2.75, 3.05) is 5.32 Å². The van der Waals surface area contributed by atoms with E-state index in [1.165, 1.54) is 4.90 Å². The maximum Gasteiger partial charge on any atom is 0.278 e. The maximum atomic E-state index is 13.3. The molecule has 3 aromatic rings. The number of nitrogens with one attached hydrogen (secondary N) is 1. The number of amides is 2. The summed E-state index contributed by atoms with van der Waals surface area (Å²) < 4.78 is 0. The van der Waals surface area contributed by atoms with Crippen LogP contribution < -0.4 is 5.32 Å². The number of rotatable bonds is 5. The number of benzene rings is 3. The van der Waals surface area contributed by atoms with Gasteiger partial charge in [0.15, 0.2) is 0 Å². The van der Waals surface area contributed by atoms with Crippen LogP contribution in [0.3, 0.4) is 0 Å². The molecule has 0 aromatic heterocycles. The summed E-state index contributed by atoms with van der Waals surface area (Å²) in [6.07, 6.45) is 0. The van der Waals surface area contributed by atoms with Gasteiger partial charge in [-0.25, -0.2) is 0 Å². The fraction of sp³-hybridized carbons (Fsp3) is 0.120. The monoisotopic (exact) mass is 416 g/mol. The molecular weight excluding hydrogens is 396 g/mol. The number of hydrogen-bond acceptors (Lipinski definition) is 3.